The van der Waals surface area contributed by atoms with Crippen molar-refractivity contribution in [3.05, 3.63) is 39.3 Å². The molecule has 0 radical (unpaired) electrons. The molecule has 0 amide bonds. The van der Waals surface area contributed by atoms with Crippen molar-refractivity contribution in [1.82, 2.24) is 4.98 Å². The van der Waals surface area contributed by atoms with Gasteiger partial charge in [-0.25, -0.2) is 4.98 Å². The number of nitrogens with one attached hydrogen (secondary N) is 1. The molecule has 0 aliphatic heterocycles. The first-order valence-electron chi connectivity index (χ1n) is 5.56. The second-order valence-electron chi connectivity index (χ2n) is 3.96. The van der Waals surface area contributed by atoms with Crippen LogP contribution in [0.15, 0.2) is 24.4 Å². The Morgan fingerprint density at radius 2 is 2.14 bits per heavy atom. The molecule has 2 rings (SSSR count). The van der Waals surface area contributed by atoms with Crippen LogP contribution in [0.2, 0.25) is 4.47 Å². The van der Waals surface area contributed by atoms with Gasteiger partial charge in [0.05, 0.1) is 12.1 Å². The largest absolute Gasteiger partial charge is 0.507 e. The molecular weight excluding hydrogens is 329 g/mol. The molecule has 1 aromatic heterocycles. The molecule has 21 heavy (non-hydrogen) atoms. The summed E-state index contributed by atoms with van der Waals surface area (Å²) in [6.07, 6.45) is -3.60. The van der Waals surface area contributed by atoms with E-state index in [4.69, 9.17) is 11.6 Å². The van der Waals surface area contributed by atoms with Crippen molar-refractivity contribution in [2.45, 2.75) is 12.7 Å². The number of anilines is 1. The van der Waals surface area contributed by atoms with Crippen LogP contribution in [0.5, 0.6) is 5.75 Å². The van der Waals surface area contributed by atoms with E-state index in [1.54, 1.807) is 0 Å². The Morgan fingerprint density at radius 3 is 2.71 bits per heavy atom. The zero-order valence-electron chi connectivity index (χ0n) is 10.2. The third-order valence-corrected chi connectivity index (χ3v) is 3.62. The summed E-state index contributed by atoms with van der Waals surface area (Å²) in [5.74, 6) is -2.84. The number of rotatable bonds is 4. The minimum Gasteiger partial charge on any atom is -0.507 e. The molecule has 4 nitrogen and oxygen atoms in total. The quantitative estimate of drug-likeness (QED) is 0.832. The van der Waals surface area contributed by atoms with Crippen molar-refractivity contribution in [3.63, 3.8) is 0 Å². The molecular formula is C12H8ClF3N2O2S. The topological polar surface area (TPSA) is 62.2 Å². The Balaban J connectivity index is 2.27. The molecule has 0 saturated heterocycles. The van der Waals surface area contributed by atoms with Crippen molar-refractivity contribution >= 4 is 34.4 Å². The molecule has 0 aliphatic rings. The third kappa shape index (κ3) is 3.64. The van der Waals surface area contributed by atoms with Crippen LogP contribution in [-0.4, -0.2) is 22.1 Å². The number of alkyl halides is 3. The van der Waals surface area contributed by atoms with Gasteiger partial charge in [-0.2, -0.15) is 13.2 Å². The first-order valence-corrected chi connectivity index (χ1v) is 6.76. The third-order valence-electron chi connectivity index (χ3n) is 2.51. The summed E-state index contributed by atoms with van der Waals surface area (Å²) in [7, 11) is 0. The predicted molar refractivity (Wildman–Crippen MR) is 72.9 cm³/mol. The van der Waals surface area contributed by atoms with E-state index in [1.807, 2.05) is 0 Å². The number of phenolic OH excluding ortho intramolecular Hbond substituents is 1. The highest BCUT2D eigenvalue weighted by Crippen LogP contribution is 2.32. The fourth-order valence-electron chi connectivity index (χ4n) is 1.62. The second-order valence-corrected chi connectivity index (χ2v) is 5.66. The summed E-state index contributed by atoms with van der Waals surface area (Å²) in [4.78, 5) is 15.8. The maximum absolute atomic E-state index is 12.5. The van der Waals surface area contributed by atoms with Crippen molar-refractivity contribution in [3.8, 4) is 5.75 Å². The first-order chi connectivity index (χ1) is 9.79. The van der Waals surface area contributed by atoms with E-state index in [0.717, 1.165) is 17.4 Å². The lowest BCUT2D eigenvalue weighted by molar-refractivity contribution is -0.0886. The number of Topliss-reactive ketones (excluding diaryl/α,β-unsaturated/α-hetero) is 1. The Hall–Kier alpha value is -1.80. The Bertz CT molecular complexity index is 673. The number of nitrogens with zero attached hydrogens (tertiary/aromatic N) is 1. The number of carbonyl (C=O) groups is 1. The van der Waals surface area contributed by atoms with Gasteiger partial charge in [-0.1, -0.05) is 17.7 Å². The number of thiazole rings is 1. The molecule has 2 aromatic rings. The zero-order chi connectivity index (χ0) is 15.6. The normalized spacial score (nSPS) is 11.4. The van der Waals surface area contributed by atoms with E-state index < -0.39 is 23.3 Å². The maximum atomic E-state index is 12.5. The van der Waals surface area contributed by atoms with Crippen molar-refractivity contribution in [1.29, 1.82) is 0 Å². The van der Waals surface area contributed by atoms with Crippen LogP contribution in [-0.2, 0) is 6.54 Å². The van der Waals surface area contributed by atoms with E-state index in [2.05, 4.69) is 10.3 Å². The van der Waals surface area contributed by atoms with Gasteiger partial charge in [0.1, 0.15) is 5.75 Å². The number of halogens is 4. The lowest BCUT2D eigenvalue weighted by Crippen LogP contribution is -2.24. The predicted octanol–water partition coefficient (Wildman–Crippen LogP) is 3.86. The fraction of sp³-hybridized carbons (Fsp3) is 0.167. The van der Waals surface area contributed by atoms with E-state index >= 15 is 0 Å². The minimum atomic E-state index is -5.07. The number of hydrogen-bond donors (Lipinski definition) is 2. The summed E-state index contributed by atoms with van der Waals surface area (Å²) in [5.41, 5.74) is -0.914. The smallest absolute Gasteiger partial charge is 0.455 e. The van der Waals surface area contributed by atoms with E-state index in [1.165, 1.54) is 18.3 Å². The number of ketones is 1. The number of hydrogen-bond acceptors (Lipinski definition) is 5. The van der Waals surface area contributed by atoms with Gasteiger partial charge in [-0.3, -0.25) is 4.79 Å². The van der Waals surface area contributed by atoms with Crippen molar-refractivity contribution in [2.24, 2.45) is 0 Å². The van der Waals surface area contributed by atoms with E-state index in [-0.39, 0.29) is 12.2 Å². The van der Waals surface area contributed by atoms with Crippen LogP contribution < -0.4 is 5.32 Å². The molecule has 0 spiro atoms. The van der Waals surface area contributed by atoms with Gasteiger partial charge in [0, 0.05) is 16.8 Å². The maximum Gasteiger partial charge on any atom is 0.455 e. The molecule has 0 atom stereocenters. The monoisotopic (exact) mass is 336 g/mol. The molecule has 0 saturated carbocycles. The summed E-state index contributed by atoms with van der Waals surface area (Å²) in [6.45, 7) is 0.131. The van der Waals surface area contributed by atoms with Crippen LogP contribution >= 0.6 is 22.9 Å². The highest BCUT2D eigenvalue weighted by molar-refractivity contribution is 7.15. The standard InChI is InChI=1S/C12H8ClF3N2O2S/c13-11-18-5-6(21-11)4-17-7-2-1-3-8(19)9(7)10(20)12(14,15)16/h1-3,5,17,19H,4H2. The van der Waals surface area contributed by atoms with Gasteiger partial charge >= 0.3 is 6.18 Å². The molecule has 0 fully saturated rings. The first kappa shape index (κ1) is 15.6. The highest BCUT2D eigenvalue weighted by atomic mass is 35.5. The molecule has 9 heteroatoms. The summed E-state index contributed by atoms with van der Waals surface area (Å²) < 4.78 is 37.9. The van der Waals surface area contributed by atoms with Crippen LogP contribution in [0.1, 0.15) is 15.2 Å². The Kier molecular flexibility index (Phi) is 4.38. The molecule has 1 aromatic carbocycles. The van der Waals surface area contributed by atoms with Gasteiger partial charge in [0.2, 0.25) is 0 Å². The lowest BCUT2D eigenvalue weighted by Gasteiger charge is -2.13. The van der Waals surface area contributed by atoms with Gasteiger partial charge in [-0.05, 0) is 12.1 Å². The number of phenols is 1. The van der Waals surface area contributed by atoms with Gasteiger partial charge < -0.3 is 10.4 Å². The molecule has 112 valence electrons. The van der Waals surface area contributed by atoms with E-state index in [0.29, 0.717) is 9.34 Å². The van der Waals surface area contributed by atoms with Gasteiger partial charge in [0.25, 0.3) is 5.78 Å². The van der Waals surface area contributed by atoms with Crippen LogP contribution in [0.3, 0.4) is 0 Å². The average molecular weight is 337 g/mol. The molecule has 1 heterocycles. The lowest BCUT2D eigenvalue weighted by atomic mass is 10.1. The summed E-state index contributed by atoms with van der Waals surface area (Å²) >= 11 is 6.80. The van der Waals surface area contributed by atoms with Crippen LogP contribution in [0.25, 0.3) is 0 Å². The number of aromatic hydroxyl groups is 1. The van der Waals surface area contributed by atoms with Crippen molar-refractivity contribution in [2.75, 3.05) is 5.32 Å². The molecule has 0 bridgehead atoms. The minimum absolute atomic E-state index is 0.109. The zero-order valence-corrected chi connectivity index (χ0v) is 11.8. The molecule has 2 N–H and O–H groups in total. The number of aromatic nitrogens is 1. The average Bonchev–Trinajstić information content (AvgIpc) is 2.80. The SMILES string of the molecule is O=C(c1c(O)cccc1NCc1cnc(Cl)s1)C(F)(F)F. The van der Waals surface area contributed by atoms with Gasteiger partial charge in [0.15, 0.2) is 4.47 Å². The fourth-order valence-corrected chi connectivity index (χ4v) is 2.53. The van der Waals surface area contributed by atoms with Crippen LogP contribution in [0, 0.1) is 0 Å². The molecule has 0 unspecified atom stereocenters. The van der Waals surface area contributed by atoms with Crippen molar-refractivity contribution < 1.29 is 23.1 Å². The van der Waals surface area contributed by atoms with Gasteiger partial charge in [-0.15, -0.1) is 11.3 Å². The van der Waals surface area contributed by atoms with Crippen LogP contribution in [0.4, 0.5) is 18.9 Å². The second kappa shape index (κ2) is 5.90. The summed E-state index contributed by atoms with van der Waals surface area (Å²) in [5, 5.41) is 12.2. The number of benzene rings is 1. The molecule has 0 aliphatic carbocycles. The highest BCUT2D eigenvalue weighted by Gasteiger charge is 2.41. The summed E-state index contributed by atoms with van der Waals surface area (Å²) in [6, 6.07) is 3.64. The Morgan fingerprint density at radius 1 is 1.43 bits per heavy atom. The number of carbonyl (C=O) groups excluding carboxylic acids is 1. The van der Waals surface area contributed by atoms with E-state index in [9.17, 15) is 23.1 Å². The Labute approximate surface area is 126 Å².